The highest BCUT2D eigenvalue weighted by molar-refractivity contribution is 6.31. The van der Waals surface area contributed by atoms with Crippen LogP contribution in [0.15, 0.2) is 18.2 Å². The van der Waals surface area contributed by atoms with Crippen LogP contribution in [0, 0.1) is 12.8 Å². The fourth-order valence-corrected chi connectivity index (χ4v) is 2.75. The van der Waals surface area contributed by atoms with Crippen LogP contribution in [-0.2, 0) is 9.59 Å². The van der Waals surface area contributed by atoms with Gasteiger partial charge in [-0.2, -0.15) is 0 Å². The number of halogens is 1. The van der Waals surface area contributed by atoms with Crippen molar-refractivity contribution in [2.24, 2.45) is 5.92 Å². The summed E-state index contributed by atoms with van der Waals surface area (Å²) in [5.41, 5.74) is 0.913. The number of carbonyl (C=O) groups excluding carboxylic acids is 2. The van der Waals surface area contributed by atoms with Gasteiger partial charge in [0.2, 0.25) is 5.91 Å². The second-order valence-electron chi connectivity index (χ2n) is 6.54. The summed E-state index contributed by atoms with van der Waals surface area (Å²) in [5.74, 6) is 0.549. The summed E-state index contributed by atoms with van der Waals surface area (Å²) >= 11 is 5.98. The molecule has 0 radical (unpaired) electrons. The number of hydrogen-bond donors (Lipinski definition) is 1. The Morgan fingerprint density at radius 1 is 1.42 bits per heavy atom. The number of aryl methyl sites for hydroxylation is 1. The number of carbonyl (C=O) groups is 2. The lowest BCUT2D eigenvalue weighted by molar-refractivity contribution is -0.135. The molecule has 5 nitrogen and oxygen atoms in total. The first kappa shape index (κ1) is 18.6. The first-order valence-electron chi connectivity index (χ1n) is 8.34. The van der Waals surface area contributed by atoms with E-state index in [-0.39, 0.29) is 30.4 Å². The number of amides is 2. The molecule has 1 aliphatic rings. The predicted molar refractivity (Wildman–Crippen MR) is 94.3 cm³/mol. The predicted octanol–water partition coefficient (Wildman–Crippen LogP) is 2.79. The fourth-order valence-electron chi connectivity index (χ4n) is 2.63. The lowest BCUT2D eigenvalue weighted by Gasteiger charge is -2.33. The monoisotopic (exact) mass is 352 g/mol. The van der Waals surface area contributed by atoms with Crippen molar-refractivity contribution >= 4 is 23.4 Å². The zero-order valence-corrected chi connectivity index (χ0v) is 15.2. The van der Waals surface area contributed by atoms with E-state index in [0.29, 0.717) is 23.9 Å². The third-order valence-electron chi connectivity index (χ3n) is 4.14. The van der Waals surface area contributed by atoms with Gasteiger partial charge in [-0.25, -0.2) is 0 Å². The average molecular weight is 353 g/mol. The van der Waals surface area contributed by atoms with Gasteiger partial charge in [0.25, 0.3) is 5.91 Å². The SMILES string of the molecule is Cc1cc(OCC(=O)N2CCCC(NC(=O)C(C)C)C2)ccc1Cl. The molecular formula is C18H25ClN2O3. The summed E-state index contributed by atoms with van der Waals surface area (Å²) in [5, 5.41) is 3.68. The van der Waals surface area contributed by atoms with Crippen molar-refractivity contribution in [1.82, 2.24) is 10.2 Å². The van der Waals surface area contributed by atoms with E-state index < -0.39 is 0 Å². The molecule has 1 heterocycles. The highest BCUT2D eigenvalue weighted by atomic mass is 35.5. The molecule has 0 bridgehead atoms. The zero-order chi connectivity index (χ0) is 17.7. The average Bonchev–Trinajstić information content (AvgIpc) is 2.55. The maximum atomic E-state index is 12.4. The summed E-state index contributed by atoms with van der Waals surface area (Å²) in [4.78, 5) is 25.9. The van der Waals surface area contributed by atoms with E-state index in [1.54, 1.807) is 17.0 Å². The van der Waals surface area contributed by atoms with E-state index in [1.807, 2.05) is 26.8 Å². The van der Waals surface area contributed by atoms with Crippen LogP contribution in [0.4, 0.5) is 0 Å². The number of piperidine rings is 1. The van der Waals surface area contributed by atoms with Crippen LogP contribution in [0.1, 0.15) is 32.3 Å². The fraction of sp³-hybridized carbons (Fsp3) is 0.556. The topological polar surface area (TPSA) is 58.6 Å². The van der Waals surface area contributed by atoms with Crippen LogP contribution in [0.25, 0.3) is 0 Å². The number of ether oxygens (including phenoxy) is 1. The van der Waals surface area contributed by atoms with Crippen LogP contribution in [0.2, 0.25) is 5.02 Å². The molecule has 1 saturated heterocycles. The number of rotatable bonds is 5. The number of likely N-dealkylation sites (tertiary alicyclic amines) is 1. The van der Waals surface area contributed by atoms with E-state index in [0.717, 1.165) is 18.4 Å². The molecule has 1 atom stereocenters. The minimum Gasteiger partial charge on any atom is -0.484 e. The van der Waals surface area contributed by atoms with Crippen LogP contribution in [0.5, 0.6) is 5.75 Å². The van der Waals surface area contributed by atoms with Gasteiger partial charge in [0.1, 0.15) is 5.75 Å². The standard InChI is InChI=1S/C18H25ClN2O3/c1-12(2)18(23)20-14-5-4-8-21(10-14)17(22)11-24-15-6-7-16(19)13(3)9-15/h6-7,9,12,14H,4-5,8,10-11H2,1-3H3,(H,20,23). The van der Waals surface area contributed by atoms with Crippen molar-refractivity contribution in [3.05, 3.63) is 28.8 Å². The van der Waals surface area contributed by atoms with Crippen molar-refractivity contribution in [3.8, 4) is 5.75 Å². The summed E-state index contributed by atoms with van der Waals surface area (Å²) in [6.07, 6.45) is 1.79. The van der Waals surface area contributed by atoms with Crippen molar-refractivity contribution in [2.45, 2.75) is 39.7 Å². The van der Waals surface area contributed by atoms with Crippen LogP contribution >= 0.6 is 11.6 Å². The summed E-state index contributed by atoms with van der Waals surface area (Å²) in [6.45, 7) is 6.86. The maximum absolute atomic E-state index is 12.4. The van der Waals surface area contributed by atoms with Gasteiger partial charge < -0.3 is 15.0 Å². The smallest absolute Gasteiger partial charge is 0.260 e. The lowest BCUT2D eigenvalue weighted by Crippen LogP contribution is -2.51. The third-order valence-corrected chi connectivity index (χ3v) is 4.56. The summed E-state index contributed by atoms with van der Waals surface area (Å²) in [7, 11) is 0. The molecule has 24 heavy (non-hydrogen) atoms. The van der Waals surface area contributed by atoms with Crippen LogP contribution in [-0.4, -0.2) is 42.5 Å². The van der Waals surface area contributed by atoms with Gasteiger partial charge in [-0.05, 0) is 43.5 Å². The van der Waals surface area contributed by atoms with Crippen molar-refractivity contribution < 1.29 is 14.3 Å². The van der Waals surface area contributed by atoms with E-state index >= 15 is 0 Å². The minimum atomic E-state index is -0.0638. The van der Waals surface area contributed by atoms with Gasteiger partial charge >= 0.3 is 0 Å². The molecule has 2 amide bonds. The van der Waals surface area contributed by atoms with Gasteiger partial charge in [0, 0.05) is 30.1 Å². The molecule has 1 N–H and O–H groups in total. The van der Waals surface area contributed by atoms with Crippen LogP contribution < -0.4 is 10.1 Å². The third kappa shape index (κ3) is 5.13. The molecule has 2 rings (SSSR count). The van der Waals surface area contributed by atoms with E-state index in [2.05, 4.69) is 5.32 Å². The Morgan fingerprint density at radius 3 is 2.83 bits per heavy atom. The Bertz CT molecular complexity index is 604. The van der Waals surface area contributed by atoms with Gasteiger partial charge in [-0.1, -0.05) is 25.4 Å². The van der Waals surface area contributed by atoms with Crippen LogP contribution in [0.3, 0.4) is 0 Å². The molecule has 132 valence electrons. The number of hydrogen-bond acceptors (Lipinski definition) is 3. The molecular weight excluding hydrogens is 328 g/mol. The first-order valence-corrected chi connectivity index (χ1v) is 8.71. The Morgan fingerprint density at radius 2 is 2.17 bits per heavy atom. The molecule has 1 unspecified atom stereocenters. The molecule has 0 aliphatic carbocycles. The van der Waals surface area contributed by atoms with E-state index in [4.69, 9.17) is 16.3 Å². The van der Waals surface area contributed by atoms with Gasteiger partial charge in [0.15, 0.2) is 6.61 Å². The van der Waals surface area contributed by atoms with Gasteiger partial charge in [0.05, 0.1) is 0 Å². The molecule has 1 aromatic rings. The summed E-state index contributed by atoms with van der Waals surface area (Å²) in [6, 6.07) is 5.35. The number of benzene rings is 1. The number of nitrogens with zero attached hydrogens (tertiary/aromatic N) is 1. The van der Waals surface area contributed by atoms with Crippen molar-refractivity contribution in [3.63, 3.8) is 0 Å². The molecule has 6 heteroatoms. The first-order chi connectivity index (χ1) is 11.4. The molecule has 0 saturated carbocycles. The normalized spacial score (nSPS) is 17.7. The van der Waals surface area contributed by atoms with Gasteiger partial charge in [-0.15, -0.1) is 0 Å². The zero-order valence-electron chi connectivity index (χ0n) is 14.5. The quantitative estimate of drug-likeness (QED) is 0.886. The lowest BCUT2D eigenvalue weighted by atomic mass is 10.0. The Kier molecular flexibility index (Phi) is 6.49. The van der Waals surface area contributed by atoms with E-state index in [1.165, 1.54) is 0 Å². The van der Waals surface area contributed by atoms with E-state index in [9.17, 15) is 9.59 Å². The second-order valence-corrected chi connectivity index (χ2v) is 6.95. The minimum absolute atomic E-state index is 0.00802. The maximum Gasteiger partial charge on any atom is 0.260 e. The molecule has 1 aromatic carbocycles. The van der Waals surface area contributed by atoms with Crippen molar-refractivity contribution in [1.29, 1.82) is 0 Å². The van der Waals surface area contributed by atoms with Crippen molar-refractivity contribution in [2.75, 3.05) is 19.7 Å². The highest BCUT2D eigenvalue weighted by Gasteiger charge is 2.25. The Labute approximate surface area is 148 Å². The highest BCUT2D eigenvalue weighted by Crippen LogP contribution is 2.21. The molecule has 0 spiro atoms. The number of nitrogens with one attached hydrogen (secondary N) is 1. The Balaban J connectivity index is 1.85. The molecule has 1 fully saturated rings. The second kappa shape index (κ2) is 8.38. The van der Waals surface area contributed by atoms with Gasteiger partial charge in [-0.3, -0.25) is 9.59 Å². The summed E-state index contributed by atoms with van der Waals surface area (Å²) < 4.78 is 5.57. The molecule has 1 aliphatic heterocycles. The largest absolute Gasteiger partial charge is 0.484 e. The Hall–Kier alpha value is -1.75. The molecule has 0 aromatic heterocycles.